The predicted molar refractivity (Wildman–Crippen MR) is 122 cm³/mol. The van der Waals surface area contributed by atoms with Gasteiger partial charge >= 0.3 is 11.9 Å². The molecule has 1 saturated heterocycles. The Morgan fingerprint density at radius 2 is 1.88 bits per heavy atom. The molecule has 1 spiro atoms. The van der Waals surface area contributed by atoms with E-state index in [1.165, 1.54) is 15.9 Å². The third-order valence-electron chi connectivity index (χ3n) is 7.42. The summed E-state index contributed by atoms with van der Waals surface area (Å²) < 4.78 is 20.8. The number of piperidine rings is 1. The van der Waals surface area contributed by atoms with Gasteiger partial charge in [-0.25, -0.2) is 9.18 Å². The minimum Gasteiger partial charge on any atom is -0.497 e. The smallest absolute Gasteiger partial charge is 0.394 e. The Hall–Kier alpha value is -3.42. The highest BCUT2D eigenvalue weighted by Crippen LogP contribution is 2.59. The summed E-state index contributed by atoms with van der Waals surface area (Å²) >= 11 is 0. The van der Waals surface area contributed by atoms with Gasteiger partial charge in [0.2, 0.25) is 5.91 Å². The second-order valence-corrected chi connectivity index (χ2v) is 9.68. The van der Waals surface area contributed by atoms with Gasteiger partial charge in [-0.2, -0.15) is 0 Å². The normalized spacial score (nSPS) is 22.6. The van der Waals surface area contributed by atoms with Crippen molar-refractivity contribution in [2.45, 2.75) is 50.6 Å². The predicted octanol–water partition coefficient (Wildman–Crippen LogP) is 3.80. The van der Waals surface area contributed by atoms with E-state index < -0.39 is 29.2 Å². The van der Waals surface area contributed by atoms with Gasteiger partial charge in [0.25, 0.3) is 0 Å². The molecule has 178 valence electrons. The molecule has 2 fully saturated rings. The molecule has 8 heteroatoms. The Balaban J connectivity index is 1.52. The lowest BCUT2D eigenvalue weighted by molar-refractivity contribution is -0.158. The molecule has 0 bridgehead atoms. The second kappa shape index (κ2) is 8.11. The monoisotopic (exact) mass is 466 g/mol. The highest BCUT2D eigenvalue weighted by molar-refractivity contribution is 6.31. The molecule has 2 aliphatic heterocycles. The zero-order chi connectivity index (χ0) is 24.2. The van der Waals surface area contributed by atoms with Crippen LogP contribution in [0.15, 0.2) is 36.4 Å². The van der Waals surface area contributed by atoms with E-state index in [4.69, 9.17) is 4.74 Å². The summed E-state index contributed by atoms with van der Waals surface area (Å²) in [6.07, 6.45) is 2.66. The fraction of sp³-hybridized carbons (Fsp3) is 0.423. The Labute approximate surface area is 197 Å². The lowest BCUT2D eigenvalue weighted by Crippen LogP contribution is -2.44. The number of carbonyl (C=O) groups excluding carboxylic acids is 2. The lowest BCUT2D eigenvalue weighted by Gasteiger charge is -2.38. The van der Waals surface area contributed by atoms with Crippen LogP contribution in [0.25, 0.3) is 0 Å². The van der Waals surface area contributed by atoms with Crippen molar-refractivity contribution in [1.82, 2.24) is 4.90 Å². The van der Waals surface area contributed by atoms with Gasteiger partial charge < -0.3 is 19.6 Å². The number of benzene rings is 2. The molecule has 2 heterocycles. The van der Waals surface area contributed by atoms with Gasteiger partial charge in [0.1, 0.15) is 11.6 Å². The fourth-order valence-electron chi connectivity index (χ4n) is 5.45. The Morgan fingerprint density at radius 3 is 2.50 bits per heavy atom. The molecular formula is C26H27FN2O5. The topological polar surface area (TPSA) is 87.2 Å². The van der Waals surface area contributed by atoms with Gasteiger partial charge in [-0.15, -0.1) is 0 Å². The number of likely N-dealkylation sites (tertiary alicyclic amines) is 1. The van der Waals surface area contributed by atoms with Crippen LogP contribution in [0.2, 0.25) is 0 Å². The number of aliphatic carboxylic acids is 1. The average Bonchev–Trinajstić information content (AvgIpc) is 3.60. The first-order valence-corrected chi connectivity index (χ1v) is 11.6. The van der Waals surface area contributed by atoms with Crippen LogP contribution in [0.1, 0.15) is 55.3 Å². The van der Waals surface area contributed by atoms with Crippen LogP contribution in [0.4, 0.5) is 10.1 Å². The number of methoxy groups -OCH3 is 1. The summed E-state index contributed by atoms with van der Waals surface area (Å²) in [4.78, 5) is 40.1. The summed E-state index contributed by atoms with van der Waals surface area (Å²) in [5, 5.41) is 9.31. The maximum atomic E-state index is 15.7. The van der Waals surface area contributed by atoms with Crippen LogP contribution in [0.3, 0.4) is 0 Å². The Kier molecular flexibility index (Phi) is 5.34. The maximum absolute atomic E-state index is 15.7. The van der Waals surface area contributed by atoms with Crippen LogP contribution in [-0.4, -0.2) is 41.4 Å². The van der Waals surface area contributed by atoms with Crippen LogP contribution in [0, 0.1) is 11.7 Å². The molecule has 7 nitrogen and oxygen atoms in total. The molecule has 1 saturated carbocycles. The van der Waals surface area contributed by atoms with Crippen molar-refractivity contribution in [3.63, 3.8) is 0 Å². The molecule has 2 aromatic carbocycles. The zero-order valence-corrected chi connectivity index (χ0v) is 19.2. The Bertz CT molecular complexity index is 1170. The number of halogens is 1. The zero-order valence-electron chi connectivity index (χ0n) is 19.2. The highest BCUT2D eigenvalue weighted by Gasteiger charge is 2.60. The number of rotatable bonds is 4. The summed E-state index contributed by atoms with van der Waals surface area (Å²) in [6.45, 7) is 2.52. The molecule has 2 aromatic rings. The van der Waals surface area contributed by atoms with E-state index in [0.29, 0.717) is 48.4 Å². The van der Waals surface area contributed by atoms with Crippen molar-refractivity contribution in [3.8, 4) is 5.75 Å². The first-order chi connectivity index (χ1) is 16.2. The molecule has 2 atom stereocenters. The second-order valence-electron chi connectivity index (χ2n) is 9.68. The summed E-state index contributed by atoms with van der Waals surface area (Å²) in [6, 6.07) is 10.0. The quantitative estimate of drug-likeness (QED) is 0.693. The summed E-state index contributed by atoms with van der Waals surface area (Å²) in [7, 11) is 1.58. The van der Waals surface area contributed by atoms with Crippen LogP contribution in [0.5, 0.6) is 5.75 Å². The number of carboxylic acids is 1. The number of anilines is 1. The standard InChI is InChI=1S/C26H27FN2O5/c1-15-3-8-21(28(13-15)23(30)24(31)32)17-11-19-22(20(27)12-17)29(25(33)26(19)9-10-26)14-16-4-6-18(34-2)7-5-16/h4-7,11-12,15,21H,3,8-10,13-14H2,1-2H3,(H,31,32). The number of ether oxygens (including phenoxy) is 1. The van der Waals surface area contributed by atoms with Crippen LogP contribution >= 0.6 is 0 Å². The minimum absolute atomic E-state index is 0.106. The first kappa shape index (κ1) is 22.4. The van der Waals surface area contributed by atoms with Gasteiger partial charge in [0.15, 0.2) is 0 Å². The molecule has 34 heavy (non-hydrogen) atoms. The van der Waals surface area contributed by atoms with Gasteiger partial charge in [-0.1, -0.05) is 25.1 Å². The fourth-order valence-corrected chi connectivity index (χ4v) is 5.45. The van der Waals surface area contributed by atoms with E-state index in [9.17, 15) is 19.5 Å². The number of amides is 2. The number of carboxylic acid groups (broad SMARTS) is 1. The van der Waals surface area contributed by atoms with E-state index in [1.54, 1.807) is 19.2 Å². The van der Waals surface area contributed by atoms with Crippen molar-refractivity contribution in [2.75, 3.05) is 18.6 Å². The van der Waals surface area contributed by atoms with Gasteiger partial charge in [-0.05, 0) is 66.5 Å². The minimum atomic E-state index is -1.51. The third-order valence-corrected chi connectivity index (χ3v) is 7.42. The van der Waals surface area contributed by atoms with Gasteiger partial charge in [0, 0.05) is 6.54 Å². The molecule has 5 rings (SSSR count). The van der Waals surface area contributed by atoms with Crippen molar-refractivity contribution < 1.29 is 28.6 Å². The number of hydrogen-bond acceptors (Lipinski definition) is 4. The molecule has 1 aliphatic carbocycles. The third kappa shape index (κ3) is 3.52. The first-order valence-electron chi connectivity index (χ1n) is 11.6. The largest absolute Gasteiger partial charge is 0.497 e. The molecule has 2 unspecified atom stereocenters. The van der Waals surface area contributed by atoms with Crippen molar-refractivity contribution in [3.05, 3.63) is 58.9 Å². The number of carbonyl (C=O) groups is 3. The summed E-state index contributed by atoms with van der Waals surface area (Å²) in [5.41, 5.74) is 1.65. The molecule has 1 N–H and O–H groups in total. The van der Waals surface area contributed by atoms with Crippen molar-refractivity contribution >= 4 is 23.5 Å². The van der Waals surface area contributed by atoms with E-state index in [0.717, 1.165) is 12.0 Å². The lowest BCUT2D eigenvalue weighted by atomic mass is 9.87. The van der Waals surface area contributed by atoms with Gasteiger partial charge in [0.05, 0.1) is 30.8 Å². The number of hydrogen-bond donors (Lipinski definition) is 1. The van der Waals surface area contributed by atoms with Crippen molar-refractivity contribution in [2.24, 2.45) is 5.92 Å². The van der Waals surface area contributed by atoms with Crippen LogP contribution < -0.4 is 9.64 Å². The van der Waals surface area contributed by atoms with E-state index in [1.807, 2.05) is 25.1 Å². The average molecular weight is 467 g/mol. The highest BCUT2D eigenvalue weighted by atomic mass is 19.1. The van der Waals surface area contributed by atoms with E-state index >= 15 is 4.39 Å². The molecule has 3 aliphatic rings. The SMILES string of the molecule is COc1ccc(CN2C(=O)C3(CC3)c3cc(C4CCC(C)CN4C(=O)C(=O)O)cc(F)c32)cc1. The molecule has 2 amide bonds. The number of fused-ring (bicyclic) bond motifs is 2. The maximum Gasteiger partial charge on any atom is 0.394 e. The Morgan fingerprint density at radius 1 is 1.18 bits per heavy atom. The summed E-state index contributed by atoms with van der Waals surface area (Å²) in [5.74, 6) is -2.25. The molecule has 0 aromatic heterocycles. The van der Waals surface area contributed by atoms with Crippen molar-refractivity contribution in [1.29, 1.82) is 0 Å². The number of nitrogens with zero attached hydrogens (tertiary/aromatic N) is 2. The molecule has 0 radical (unpaired) electrons. The molecular weight excluding hydrogens is 439 g/mol. The van der Waals surface area contributed by atoms with E-state index in [2.05, 4.69) is 0 Å². The van der Waals surface area contributed by atoms with Gasteiger partial charge in [-0.3, -0.25) is 9.59 Å². The van der Waals surface area contributed by atoms with E-state index in [-0.39, 0.29) is 18.4 Å². The van der Waals surface area contributed by atoms with Crippen LogP contribution in [-0.2, 0) is 26.3 Å².